The smallest absolute Gasteiger partial charge is 0.407 e. The minimum Gasteiger partial charge on any atom is -0.465 e. The van der Waals surface area contributed by atoms with Crippen LogP contribution in [0.25, 0.3) is 11.0 Å². The molecule has 1 amide bonds. The summed E-state index contributed by atoms with van der Waals surface area (Å²) < 4.78 is 12.2. The van der Waals surface area contributed by atoms with Crippen molar-refractivity contribution in [3.05, 3.63) is 23.0 Å². The number of nitrogens with zero attached hydrogens (tertiary/aromatic N) is 5. The van der Waals surface area contributed by atoms with Crippen LogP contribution >= 0.6 is 23.1 Å². The maximum atomic E-state index is 11.5. The summed E-state index contributed by atoms with van der Waals surface area (Å²) in [5.74, 6) is 0.981. The number of carboxylic acid groups (broad SMARTS) is 1. The molecule has 0 aliphatic carbocycles. The lowest BCUT2D eigenvalue weighted by atomic mass is 10.1. The van der Waals surface area contributed by atoms with Gasteiger partial charge in [-0.2, -0.15) is 14.3 Å². The Morgan fingerprint density at radius 1 is 1.37 bits per heavy atom. The van der Waals surface area contributed by atoms with E-state index in [1.807, 2.05) is 23.8 Å². The number of hydrogen-bond acceptors (Lipinski definition) is 8. The summed E-state index contributed by atoms with van der Waals surface area (Å²) in [6, 6.07) is 2.92. The van der Waals surface area contributed by atoms with Gasteiger partial charge in [0.15, 0.2) is 5.65 Å². The molecule has 190 valence electrons. The van der Waals surface area contributed by atoms with Crippen molar-refractivity contribution in [2.75, 3.05) is 30.3 Å². The van der Waals surface area contributed by atoms with E-state index >= 15 is 0 Å². The Morgan fingerprint density at radius 2 is 2.17 bits per heavy atom. The van der Waals surface area contributed by atoms with Gasteiger partial charge in [0.25, 0.3) is 0 Å². The summed E-state index contributed by atoms with van der Waals surface area (Å²) >= 11 is 7.99. The van der Waals surface area contributed by atoms with E-state index in [9.17, 15) is 9.90 Å². The zero-order valence-corrected chi connectivity index (χ0v) is 23.0. The van der Waals surface area contributed by atoms with E-state index in [1.54, 1.807) is 0 Å². The standard InChI is InChI=1S/C22H32ClN7O3SSi/c1-14-10-17(34-28-14)25-21-26-19(24-15-6-5-7-29(11-15)22(31)32)18-16(23)12-30(20(18)27-21)13-33-8-9-35(2,3)4/h10,12,15H,5-9,11,13H2,1-4H3,(H,31,32)(H2,24,25,26,27). The largest absolute Gasteiger partial charge is 0.465 e. The Kier molecular flexibility index (Phi) is 7.84. The van der Waals surface area contributed by atoms with Crippen LogP contribution in [-0.4, -0.2) is 68.8 Å². The van der Waals surface area contributed by atoms with Crippen LogP contribution < -0.4 is 10.6 Å². The molecule has 1 unspecified atom stereocenters. The summed E-state index contributed by atoms with van der Waals surface area (Å²) in [4.78, 5) is 22.4. The topological polar surface area (TPSA) is 117 Å². The van der Waals surface area contributed by atoms with E-state index in [4.69, 9.17) is 26.3 Å². The molecule has 0 aromatic carbocycles. The third-order valence-corrected chi connectivity index (χ3v) is 8.58. The average Bonchev–Trinajstić information content (AvgIpc) is 3.33. The molecule has 3 aromatic heterocycles. The summed E-state index contributed by atoms with van der Waals surface area (Å²) in [5, 5.41) is 18.2. The molecule has 1 saturated heterocycles. The van der Waals surface area contributed by atoms with Crippen LogP contribution in [0.2, 0.25) is 30.7 Å². The van der Waals surface area contributed by atoms with E-state index in [0.29, 0.717) is 54.2 Å². The molecule has 1 aliphatic heterocycles. The highest BCUT2D eigenvalue weighted by molar-refractivity contribution is 7.10. The fourth-order valence-corrected chi connectivity index (χ4v) is 5.64. The number of halogens is 1. The van der Waals surface area contributed by atoms with Crippen molar-refractivity contribution < 1.29 is 14.6 Å². The number of fused-ring (bicyclic) bond motifs is 1. The van der Waals surface area contributed by atoms with Gasteiger partial charge in [0, 0.05) is 40.0 Å². The summed E-state index contributed by atoms with van der Waals surface area (Å²) in [6.45, 7) is 10.8. The van der Waals surface area contributed by atoms with Gasteiger partial charge in [-0.05, 0) is 43.4 Å². The molecule has 4 heterocycles. The number of aromatic nitrogens is 4. The molecule has 0 saturated carbocycles. The van der Waals surface area contributed by atoms with Crippen LogP contribution in [0.4, 0.5) is 21.6 Å². The van der Waals surface area contributed by atoms with Crippen LogP contribution in [-0.2, 0) is 11.5 Å². The number of rotatable bonds is 9. The fourth-order valence-electron chi connectivity index (χ4n) is 3.93. The Balaban J connectivity index is 1.64. The lowest BCUT2D eigenvalue weighted by Crippen LogP contribution is -2.44. The quantitative estimate of drug-likeness (QED) is 0.243. The third-order valence-electron chi connectivity index (χ3n) is 5.79. The SMILES string of the molecule is Cc1cc(Nc2nc(NC3CCCN(C(=O)O)C3)c3c(Cl)cn(COCC[Si](C)(C)C)c3n2)sn1. The van der Waals surface area contributed by atoms with Crippen molar-refractivity contribution in [1.29, 1.82) is 0 Å². The predicted octanol–water partition coefficient (Wildman–Crippen LogP) is 5.46. The minimum absolute atomic E-state index is 0.0798. The summed E-state index contributed by atoms with van der Waals surface area (Å²) in [5.41, 5.74) is 1.56. The Labute approximate surface area is 214 Å². The molecule has 1 atom stereocenters. The first-order valence-corrected chi connectivity index (χ1v) is 16.5. The van der Waals surface area contributed by atoms with Crippen LogP contribution in [0.1, 0.15) is 18.5 Å². The van der Waals surface area contributed by atoms with Crippen molar-refractivity contribution in [3.63, 3.8) is 0 Å². The molecule has 0 bridgehead atoms. The van der Waals surface area contributed by atoms with Gasteiger partial charge < -0.3 is 29.9 Å². The van der Waals surface area contributed by atoms with Crippen molar-refractivity contribution in [2.24, 2.45) is 0 Å². The van der Waals surface area contributed by atoms with Gasteiger partial charge in [-0.3, -0.25) is 0 Å². The molecule has 10 nitrogen and oxygen atoms in total. The monoisotopic (exact) mass is 537 g/mol. The molecule has 0 spiro atoms. The van der Waals surface area contributed by atoms with Crippen molar-refractivity contribution in [1.82, 2.24) is 23.8 Å². The maximum Gasteiger partial charge on any atom is 0.407 e. The van der Waals surface area contributed by atoms with Crippen molar-refractivity contribution >= 4 is 65.1 Å². The second-order valence-corrected chi connectivity index (χ2v) is 16.9. The number of amides is 1. The van der Waals surface area contributed by atoms with Gasteiger partial charge >= 0.3 is 6.09 Å². The van der Waals surface area contributed by atoms with E-state index < -0.39 is 14.2 Å². The zero-order chi connectivity index (χ0) is 25.2. The first kappa shape index (κ1) is 25.7. The minimum atomic E-state index is -1.20. The first-order valence-electron chi connectivity index (χ1n) is 11.7. The van der Waals surface area contributed by atoms with E-state index in [1.165, 1.54) is 16.4 Å². The molecule has 3 aromatic rings. The predicted molar refractivity (Wildman–Crippen MR) is 143 cm³/mol. The average molecular weight is 538 g/mol. The van der Waals surface area contributed by atoms with Gasteiger partial charge in [-0.25, -0.2) is 4.79 Å². The Hall–Kier alpha value is -2.41. The molecular weight excluding hydrogens is 506 g/mol. The molecule has 35 heavy (non-hydrogen) atoms. The van der Waals surface area contributed by atoms with E-state index in [-0.39, 0.29) is 6.04 Å². The summed E-state index contributed by atoms with van der Waals surface area (Å²) in [7, 11) is -1.20. The molecular formula is C22H32ClN7O3SSi. The highest BCUT2D eigenvalue weighted by atomic mass is 35.5. The Morgan fingerprint density at radius 3 is 2.86 bits per heavy atom. The molecule has 1 aliphatic rings. The van der Waals surface area contributed by atoms with Crippen molar-refractivity contribution in [3.8, 4) is 0 Å². The van der Waals surface area contributed by atoms with E-state index in [0.717, 1.165) is 29.6 Å². The van der Waals surface area contributed by atoms with Gasteiger partial charge in [-0.1, -0.05) is 31.2 Å². The van der Waals surface area contributed by atoms with Gasteiger partial charge in [-0.15, -0.1) is 0 Å². The molecule has 0 radical (unpaired) electrons. The van der Waals surface area contributed by atoms with Crippen LogP contribution in [0.5, 0.6) is 0 Å². The van der Waals surface area contributed by atoms with Crippen LogP contribution in [0.3, 0.4) is 0 Å². The highest BCUT2D eigenvalue weighted by Gasteiger charge is 2.25. The number of piperidine rings is 1. The normalized spacial score (nSPS) is 16.6. The van der Waals surface area contributed by atoms with Gasteiger partial charge in [0.05, 0.1) is 16.1 Å². The van der Waals surface area contributed by atoms with Crippen LogP contribution in [0.15, 0.2) is 12.3 Å². The van der Waals surface area contributed by atoms with Crippen molar-refractivity contribution in [2.45, 2.75) is 58.2 Å². The number of hydrogen-bond donors (Lipinski definition) is 3. The maximum absolute atomic E-state index is 11.5. The number of nitrogens with one attached hydrogen (secondary N) is 2. The molecule has 1 fully saturated rings. The number of likely N-dealkylation sites (tertiary alicyclic amines) is 1. The zero-order valence-electron chi connectivity index (χ0n) is 20.5. The summed E-state index contributed by atoms with van der Waals surface area (Å²) in [6.07, 6.45) is 2.52. The highest BCUT2D eigenvalue weighted by Crippen LogP contribution is 2.33. The second kappa shape index (κ2) is 10.7. The van der Waals surface area contributed by atoms with E-state index in [2.05, 4.69) is 34.6 Å². The number of aryl methyl sites for hydroxylation is 1. The number of carbonyl (C=O) groups is 1. The van der Waals surface area contributed by atoms with Gasteiger partial charge in [0.1, 0.15) is 17.5 Å². The first-order chi connectivity index (χ1) is 16.6. The second-order valence-electron chi connectivity index (χ2n) is 10.1. The van der Waals surface area contributed by atoms with Crippen LogP contribution in [0, 0.1) is 6.92 Å². The Bertz CT molecular complexity index is 1200. The molecule has 3 N–H and O–H groups in total. The fraction of sp³-hybridized carbons (Fsp3) is 0.545. The van der Waals surface area contributed by atoms with Gasteiger partial charge in [0.2, 0.25) is 5.95 Å². The molecule has 13 heteroatoms. The number of ether oxygens (including phenoxy) is 1. The third kappa shape index (κ3) is 6.63. The lowest BCUT2D eigenvalue weighted by Gasteiger charge is -2.31. The number of anilines is 3. The lowest BCUT2D eigenvalue weighted by molar-refractivity contribution is 0.0899. The molecule has 4 rings (SSSR count).